The van der Waals surface area contributed by atoms with Gasteiger partial charge in [-0.2, -0.15) is 0 Å². The van der Waals surface area contributed by atoms with Crippen molar-refractivity contribution < 1.29 is 9.72 Å². The fraction of sp³-hybridized carbons (Fsp3) is 0.357. The molecule has 0 aliphatic carbocycles. The van der Waals surface area contributed by atoms with Crippen LogP contribution in [0.2, 0.25) is 5.02 Å². The minimum Gasteiger partial charge on any atom is -0.325 e. The molecule has 0 unspecified atom stereocenters. The van der Waals surface area contributed by atoms with Gasteiger partial charge in [0.15, 0.2) is 5.16 Å². The molecule has 0 bridgehead atoms. The summed E-state index contributed by atoms with van der Waals surface area (Å²) < 4.78 is 1.95. The molecule has 1 amide bonds. The predicted molar refractivity (Wildman–Crippen MR) is 92.5 cm³/mol. The lowest BCUT2D eigenvalue weighted by atomic mass is 10.3. The molecule has 24 heavy (non-hydrogen) atoms. The molecule has 0 atom stereocenters. The molecule has 2 aromatic rings. The van der Waals surface area contributed by atoms with Crippen molar-refractivity contribution in [1.82, 2.24) is 14.8 Å². The van der Waals surface area contributed by atoms with E-state index in [1.807, 2.05) is 18.4 Å². The molecule has 2 rings (SSSR count). The molecule has 0 aliphatic rings. The fourth-order valence-electron chi connectivity index (χ4n) is 2.06. The molecule has 8 nitrogen and oxygen atoms in total. The molecule has 0 aliphatic heterocycles. The minimum absolute atomic E-state index is 0.0236. The second-order valence-electron chi connectivity index (χ2n) is 4.76. The number of hydrogen-bond donors (Lipinski definition) is 1. The van der Waals surface area contributed by atoms with Gasteiger partial charge in [0.25, 0.3) is 5.69 Å². The summed E-state index contributed by atoms with van der Waals surface area (Å²) in [5, 5.41) is 22.3. The molecular weight excluding hydrogens is 354 g/mol. The highest BCUT2D eigenvalue weighted by atomic mass is 35.5. The summed E-state index contributed by atoms with van der Waals surface area (Å²) in [5.74, 6) is 0.701. The van der Waals surface area contributed by atoms with Crippen LogP contribution in [-0.4, -0.2) is 31.3 Å². The summed E-state index contributed by atoms with van der Waals surface area (Å²) in [4.78, 5) is 22.3. The van der Waals surface area contributed by atoms with Crippen LogP contribution >= 0.6 is 23.4 Å². The van der Waals surface area contributed by atoms with Crippen molar-refractivity contribution in [3.63, 3.8) is 0 Å². The van der Waals surface area contributed by atoms with E-state index < -0.39 is 4.92 Å². The van der Waals surface area contributed by atoms with Crippen LogP contribution in [-0.2, 0) is 17.8 Å². The van der Waals surface area contributed by atoms with E-state index in [1.165, 1.54) is 30.0 Å². The Morgan fingerprint density at radius 1 is 1.42 bits per heavy atom. The molecule has 1 N–H and O–H groups in total. The summed E-state index contributed by atoms with van der Waals surface area (Å²) in [6, 6.07) is 4.12. The van der Waals surface area contributed by atoms with E-state index in [0.29, 0.717) is 10.8 Å². The van der Waals surface area contributed by atoms with E-state index in [9.17, 15) is 14.9 Å². The van der Waals surface area contributed by atoms with Crippen LogP contribution in [0.1, 0.15) is 19.7 Å². The first-order valence-corrected chi connectivity index (χ1v) is 8.61. The Labute approximate surface area is 147 Å². The number of nitro groups is 1. The van der Waals surface area contributed by atoms with Crippen molar-refractivity contribution in [2.75, 3.05) is 11.1 Å². The van der Waals surface area contributed by atoms with E-state index in [1.54, 1.807) is 0 Å². The summed E-state index contributed by atoms with van der Waals surface area (Å²) in [6.45, 7) is 4.70. The van der Waals surface area contributed by atoms with Gasteiger partial charge in [-0.3, -0.25) is 14.9 Å². The van der Waals surface area contributed by atoms with Crippen LogP contribution in [0.25, 0.3) is 0 Å². The summed E-state index contributed by atoms with van der Waals surface area (Å²) in [7, 11) is 0. The number of carbonyl (C=O) groups is 1. The van der Waals surface area contributed by atoms with E-state index in [-0.39, 0.29) is 22.4 Å². The number of nitrogens with zero attached hydrogens (tertiary/aromatic N) is 4. The maximum absolute atomic E-state index is 12.0. The van der Waals surface area contributed by atoms with Gasteiger partial charge in [0.05, 0.1) is 10.7 Å². The van der Waals surface area contributed by atoms with E-state index in [2.05, 4.69) is 15.5 Å². The smallest absolute Gasteiger partial charge is 0.289 e. The standard InChI is InChI=1S/C14H16ClN5O3S/c1-3-12-17-18-14(19(12)4-2)24-8-13(21)16-9-5-6-10(15)11(7-9)20(22)23/h5-7H,3-4,8H2,1-2H3,(H,16,21). The van der Waals surface area contributed by atoms with Crippen molar-refractivity contribution in [3.8, 4) is 0 Å². The number of aryl methyl sites for hydroxylation is 1. The van der Waals surface area contributed by atoms with Crippen LogP contribution in [0.15, 0.2) is 23.4 Å². The zero-order valence-corrected chi connectivity index (χ0v) is 14.7. The number of rotatable bonds is 7. The first-order valence-electron chi connectivity index (χ1n) is 7.24. The van der Waals surface area contributed by atoms with Gasteiger partial charge in [0.1, 0.15) is 10.8 Å². The number of anilines is 1. The van der Waals surface area contributed by atoms with Crippen LogP contribution in [0.5, 0.6) is 0 Å². The number of hydrogen-bond acceptors (Lipinski definition) is 6. The normalized spacial score (nSPS) is 10.6. The monoisotopic (exact) mass is 369 g/mol. The maximum atomic E-state index is 12.0. The van der Waals surface area contributed by atoms with Crippen molar-refractivity contribution in [2.45, 2.75) is 32.0 Å². The molecule has 1 aromatic carbocycles. The highest BCUT2D eigenvalue weighted by Gasteiger charge is 2.15. The largest absolute Gasteiger partial charge is 0.325 e. The molecule has 1 heterocycles. The van der Waals surface area contributed by atoms with Crippen LogP contribution in [0.3, 0.4) is 0 Å². The molecule has 128 valence electrons. The van der Waals surface area contributed by atoms with Gasteiger partial charge in [-0.05, 0) is 19.1 Å². The van der Waals surface area contributed by atoms with Gasteiger partial charge in [-0.1, -0.05) is 30.3 Å². The van der Waals surface area contributed by atoms with Crippen LogP contribution in [0, 0.1) is 10.1 Å². The Morgan fingerprint density at radius 3 is 2.79 bits per heavy atom. The number of nitrogens with one attached hydrogen (secondary N) is 1. The predicted octanol–water partition coefficient (Wildman–Crippen LogP) is 3.15. The minimum atomic E-state index is -0.595. The maximum Gasteiger partial charge on any atom is 0.289 e. The second-order valence-corrected chi connectivity index (χ2v) is 6.11. The lowest BCUT2D eigenvalue weighted by Gasteiger charge is -2.07. The molecule has 0 radical (unpaired) electrons. The number of amides is 1. The zero-order chi connectivity index (χ0) is 17.7. The molecular formula is C14H16ClN5O3S. The number of nitro benzene ring substituents is 1. The van der Waals surface area contributed by atoms with Gasteiger partial charge < -0.3 is 9.88 Å². The highest BCUT2D eigenvalue weighted by molar-refractivity contribution is 7.99. The molecule has 0 saturated heterocycles. The number of benzene rings is 1. The second kappa shape index (κ2) is 8.11. The van der Waals surface area contributed by atoms with Gasteiger partial charge in [0, 0.05) is 24.7 Å². The van der Waals surface area contributed by atoms with Crippen LogP contribution in [0.4, 0.5) is 11.4 Å². The summed E-state index contributed by atoms with van der Waals surface area (Å²) in [6.07, 6.45) is 0.766. The lowest BCUT2D eigenvalue weighted by molar-refractivity contribution is -0.384. The number of halogens is 1. The third-order valence-corrected chi connectivity index (χ3v) is 4.47. The highest BCUT2D eigenvalue weighted by Crippen LogP contribution is 2.27. The first-order chi connectivity index (χ1) is 11.5. The van der Waals surface area contributed by atoms with Gasteiger partial charge >= 0.3 is 0 Å². The Balaban J connectivity index is 2.00. The van der Waals surface area contributed by atoms with Crippen molar-refractivity contribution in [3.05, 3.63) is 39.2 Å². The van der Waals surface area contributed by atoms with Gasteiger partial charge in [-0.25, -0.2) is 0 Å². The molecule has 0 spiro atoms. The zero-order valence-electron chi connectivity index (χ0n) is 13.2. The first kappa shape index (κ1) is 18.2. The number of carbonyl (C=O) groups excluding carboxylic acids is 1. The SMILES string of the molecule is CCc1nnc(SCC(=O)Nc2ccc(Cl)c([N+](=O)[O-])c2)n1CC. The summed E-state index contributed by atoms with van der Waals surface area (Å²) in [5.41, 5.74) is 0.0725. The average Bonchev–Trinajstić information content (AvgIpc) is 2.96. The Morgan fingerprint density at radius 2 is 2.17 bits per heavy atom. The summed E-state index contributed by atoms with van der Waals surface area (Å²) >= 11 is 7.01. The number of aromatic nitrogens is 3. The van der Waals surface area contributed by atoms with E-state index >= 15 is 0 Å². The Kier molecular flexibility index (Phi) is 6.16. The Hall–Kier alpha value is -2.13. The van der Waals surface area contributed by atoms with Crippen LogP contribution < -0.4 is 5.32 Å². The topological polar surface area (TPSA) is 103 Å². The molecule has 0 saturated carbocycles. The fourth-order valence-corrected chi connectivity index (χ4v) is 3.07. The van der Waals surface area contributed by atoms with Crippen molar-refractivity contribution in [2.24, 2.45) is 0 Å². The third-order valence-electron chi connectivity index (χ3n) is 3.18. The Bertz CT molecular complexity index is 765. The molecule has 0 fully saturated rings. The van der Waals surface area contributed by atoms with Crippen molar-refractivity contribution in [1.29, 1.82) is 0 Å². The molecule has 1 aromatic heterocycles. The van der Waals surface area contributed by atoms with Gasteiger partial charge in [0.2, 0.25) is 5.91 Å². The van der Waals surface area contributed by atoms with Crippen molar-refractivity contribution >= 4 is 40.6 Å². The third kappa shape index (κ3) is 4.24. The number of thioether (sulfide) groups is 1. The van der Waals surface area contributed by atoms with Gasteiger partial charge in [-0.15, -0.1) is 10.2 Å². The average molecular weight is 370 g/mol. The molecule has 10 heteroatoms. The van der Waals surface area contributed by atoms with E-state index in [4.69, 9.17) is 11.6 Å². The lowest BCUT2D eigenvalue weighted by Crippen LogP contribution is -2.15. The van der Waals surface area contributed by atoms with E-state index in [0.717, 1.165) is 18.8 Å². The quantitative estimate of drug-likeness (QED) is 0.457.